The van der Waals surface area contributed by atoms with Crippen LogP contribution in [0.4, 0.5) is 11.4 Å². The van der Waals surface area contributed by atoms with Crippen molar-refractivity contribution in [3.8, 4) is 0 Å². The van der Waals surface area contributed by atoms with E-state index in [9.17, 15) is 0 Å². The number of para-hydroxylation sites is 1. The Bertz CT molecular complexity index is 410. The zero-order valence-corrected chi connectivity index (χ0v) is 11.2. The third-order valence-corrected chi connectivity index (χ3v) is 3.29. The molecule has 0 saturated heterocycles. The minimum atomic E-state index is 0.102. The Morgan fingerprint density at radius 1 is 1.41 bits per heavy atom. The van der Waals surface area contributed by atoms with Crippen LogP contribution in [-0.2, 0) is 6.54 Å². The minimum Gasteiger partial charge on any atom is -0.377 e. The molecule has 3 heteroatoms. The molecule has 1 aliphatic heterocycles. The summed E-state index contributed by atoms with van der Waals surface area (Å²) in [7, 11) is 0. The van der Waals surface area contributed by atoms with Gasteiger partial charge < -0.3 is 16.0 Å². The Morgan fingerprint density at radius 2 is 2.12 bits per heavy atom. The van der Waals surface area contributed by atoms with Crippen molar-refractivity contribution in [3.63, 3.8) is 0 Å². The predicted octanol–water partition coefficient (Wildman–Crippen LogP) is 2.56. The van der Waals surface area contributed by atoms with Crippen molar-refractivity contribution < 1.29 is 0 Å². The van der Waals surface area contributed by atoms with Crippen LogP contribution in [0.3, 0.4) is 0 Å². The molecule has 2 rings (SSSR count). The van der Waals surface area contributed by atoms with Crippen LogP contribution in [0.1, 0.15) is 33.3 Å². The average molecular weight is 233 g/mol. The second-order valence-electron chi connectivity index (χ2n) is 5.75. The summed E-state index contributed by atoms with van der Waals surface area (Å²) in [5.41, 5.74) is 9.66. The molecule has 0 fully saturated rings. The Hall–Kier alpha value is -1.22. The van der Waals surface area contributed by atoms with Gasteiger partial charge in [-0.3, -0.25) is 0 Å². The van der Waals surface area contributed by atoms with Crippen LogP contribution in [0.15, 0.2) is 18.2 Å². The van der Waals surface area contributed by atoms with Crippen LogP contribution >= 0.6 is 0 Å². The standard InChI is InChI=1S/C14H23N3/c1-10(2)17-9-14(3,4)16-12-7-5-6-11(8-15)13(12)17/h5-7,10,16H,8-9,15H2,1-4H3. The van der Waals surface area contributed by atoms with Gasteiger partial charge in [-0.15, -0.1) is 0 Å². The van der Waals surface area contributed by atoms with Gasteiger partial charge in [-0.25, -0.2) is 0 Å². The summed E-state index contributed by atoms with van der Waals surface area (Å²) in [6.07, 6.45) is 0. The molecular weight excluding hydrogens is 210 g/mol. The van der Waals surface area contributed by atoms with Gasteiger partial charge in [0.05, 0.1) is 11.4 Å². The first-order valence-corrected chi connectivity index (χ1v) is 6.31. The number of anilines is 2. The van der Waals surface area contributed by atoms with Gasteiger partial charge in [0, 0.05) is 24.7 Å². The van der Waals surface area contributed by atoms with Crippen molar-refractivity contribution >= 4 is 11.4 Å². The number of hydrogen-bond donors (Lipinski definition) is 2. The highest BCUT2D eigenvalue weighted by Crippen LogP contribution is 2.38. The molecule has 0 aliphatic carbocycles. The predicted molar refractivity (Wildman–Crippen MR) is 74.5 cm³/mol. The van der Waals surface area contributed by atoms with Crippen LogP contribution < -0.4 is 16.0 Å². The molecule has 0 aromatic heterocycles. The van der Waals surface area contributed by atoms with Gasteiger partial charge in [0.25, 0.3) is 0 Å². The van der Waals surface area contributed by atoms with Crippen LogP contribution in [-0.4, -0.2) is 18.1 Å². The molecule has 94 valence electrons. The maximum absolute atomic E-state index is 5.85. The summed E-state index contributed by atoms with van der Waals surface area (Å²) in [6.45, 7) is 10.5. The zero-order chi connectivity index (χ0) is 12.6. The van der Waals surface area contributed by atoms with Gasteiger partial charge in [0.1, 0.15) is 0 Å². The lowest BCUT2D eigenvalue weighted by Crippen LogP contribution is -2.51. The summed E-state index contributed by atoms with van der Waals surface area (Å²) in [5, 5.41) is 3.60. The zero-order valence-electron chi connectivity index (χ0n) is 11.2. The fraction of sp³-hybridized carbons (Fsp3) is 0.571. The first-order valence-electron chi connectivity index (χ1n) is 6.31. The van der Waals surface area contributed by atoms with E-state index in [1.54, 1.807) is 0 Å². The van der Waals surface area contributed by atoms with E-state index in [1.807, 2.05) is 0 Å². The molecule has 17 heavy (non-hydrogen) atoms. The quantitative estimate of drug-likeness (QED) is 0.825. The van der Waals surface area contributed by atoms with Crippen LogP contribution in [0.5, 0.6) is 0 Å². The van der Waals surface area contributed by atoms with E-state index in [4.69, 9.17) is 5.73 Å². The molecule has 0 amide bonds. The summed E-state index contributed by atoms with van der Waals surface area (Å²) >= 11 is 0. The van der Waals surface area contributed by atoms with Gasteiger partial charge >= 0.3 is 0 Å². The van der Waals surface area contributed by atoms with Gasteiger partial charge in [-0.2, -0.15) is 0 Å². The van der Waals surface area contributed by atoms with Gasteiger partial charge in [-0.05, 0) is 39.3 Å². The van der Waals surface area contributed by atoms with Crippen molar-refractivity contribution in [1.82, 2.24) is 0 Å². The molecule has 0 unspecified atom stereocenters. The van der Waals surface area contributed by atoms with E-state index in [2.05, 4.69) is 56.1 Å². The molecule has 0 radical (unpaired) electrons. The molecule has 1 aliphatic rings. The fourth-order valence-corrected chi connectivity index (χ4v) is 2.55. The lowest BCUT2D eigenvalue weighted by molar-refractivity contribution is 0.505. The highest BCUT2D eigenvalue weighted by molar-refractivity contribution is 5.77. The van der Waals surface area contributed by atoms with Gasteiger partial charge in [-0.1, -0.05) is 12.1 Å². The molecule has 0 atom stereocenters. The molecule has 1 aromatic carbocycles. The Morgan fingerprint density at radius 3 is 2.71 bits per heavy atom. The van der Waals surface area contributed by atoms with E-state index >= 15 is 0 Å². The number of benzene rings is 1. The highest BCUT2D eigenvalue weighted by Gasteiger charge is 2.31. The number of nitrogens with one attached hydrogen (secondary N) is 1. The highest BCUT2D eigenvalue weighted by atomic mass is 15.2. The normalized spacial score (nSPS) is 17.9. The SMILES string of the molecule is CC(C)N1CC(C)(C)Nc2cccc(CN)c21. The summed E-state index contributed by atoms with van der Waals surface area (Å²) in [4.78, 5) is 2.45. The molecule has 0 bridgehead atoms. The second-order valence-corrected chi connectivity index (χ2v) is 5.75. The molecular formula is C14H23N3. The Balaban J connectivity index is 2.53. The lowest BCUT2D eigenvalue weighted by Gasteiger charge is -2.45. The molecule has 1 heterocycles. The third-order valence-electron chi connectivity index (χ3n) is 3.29. The lowest BCUT2D eigenvalue weighted by atomic mass is 9.96. The second kappa shape index (κ2) is 4.22. The van der Waals surface area contributed by atoms with E-state index in [0.29, 0.717) is 12.6 Å². The molecule has 3 nitrogen and oxygen atoms in total. The Labute approximate surface area is 104 Å². The number of nitrogens with two attached hydrogens (primary N) is 1. The van der Waals surface area contributed by atoms with Gasteiger partial charge in [0.15, 0.2) is 0 Å². The molecule has 0 saturated carbocycles. The topological polar surface area (TPSA) is 41.3 Å². The fourth-order valence-electron chi connectivity index (χ4n) is 2.55. The van der Waals surface area contributed by atoms with Crippen LogP contribution in [0, 0.1) is 0 Å². The maximum Gasteiger partial charge on any atom is 0.0650 e. The minimum absolute atomic E-state index is 0.102. The number of nitrogens with zero attached hydrogens (tertiary/aromatic N) is 1. The number of fused-ring (bicyclic) bond motifs is 1. The molecule has 3 N–H and O–H groups in total. The monoisotopic (exact) mass is 233 g/mol. The summed E-state index contributed by atoms with van der Waals surface area (Å²) in [6, 6.07) is 6.83. The average Bonchev–Trinajstić information content (AvgIpc) is 2.25. The van der Waals surface area contributed by atoms with Crippen LogP contribution in [0.2, 0.25) is 0 Å². The maximum atomic E-state index is 5.85. The molecule has 0 spiro atoms. The van der Waals surface area contributed by atoms with Crippen molar-refractivity contribution in [3.05, 3.63) is 23.8 Å². The third kappa shape index (κ3) is 2.25. The van der Waals surface area contributed by atoms with Crippen molar-refractivity contribution in [2.24, 2.45) is 5.73 Å². The van der Waals surface area contributed by atoms with Crippen LogP contribution in [0.25, 0.3) is 0 Å². The number of hydrogen-bond acceptors (Lipinski definition) is 3. The van der Waals surface area contributed by atoms with E-state index in [-0.39, 0.29) is 5.54 Å². The number of rotatable bonds is 2. The van der Waals surface area contributed by atoms with Crippen molar-refractivity contribution in [1.29, 1.82) is 0 Å². The molecule has 1 aromatic rings. The summed E-state index contributed by atoms with van der Waals surface area (Å²) < 4.78 is 0. The summed E-state index contributed by atoms with van der Waals surface area (Å²) in [5.74, 6) is 0. The van der Waals surface area contributed by atoms with Gasteiger partial charge in [0.2, 0.25) is 0 Å². The van der Waals surface area contributed by atoms with Crippen molar-refractivity contribution in [2.75, 3.05) is 16.8 Å². The van der Waals surface area contributed by atoms with E-state index in [1.165, 1.54) is 16.9 Å². The Kier molecular flexibility index (Phi) is 3.04. The smallest absolute Gasteiger partial charge is 0.0650 e. The first kappa shape index (κ1) is 12.2. The van der Waals surface area contributed by atoms with Crippen molar-refractivity contribution in [2.45, 2.75) is 45.8 Å². The largest absolute Gasteiger partial charge is 0.377 e. The van der Waals surface area contributed by atoms with E-state index in [0.717, 1.165) is 6.54 Å². The first-order chi connectivity index (χ1) is 7.94. The van der Waals surface area contributed by atoms with E-state index < -0.39 is 0 Å².